The quantitative estimate of drug-likeness (QED) is 0.615. The maximum absolute atomic E-state index is 6.02. The monoisotopic (exact) mass is 230 g/mol. The first-order valence-electron chi connectivity index (χ1n) is 5.00. The van der Waals surface area contributed by atoms with E-state index in [0.29, 0.717) is 0 Å². The van der Waals surface area contributed by atoms with Gasteiger partial charge >= 0.3 is 0 Å². The van der Waals surface area contributed by atoms with Gasteiger partial charge in [-0.3, -0.25) is 0 Å². The van der Waals surface area contributed by atoms with Crippen LogP contribution >= 0.6 is 11.8 Å². The first-order chi connectivity index (χ1) is 7.70. The Morgan fingerprint density at radius 2 is 1.81 bits per heavy atom. The molecule has 2 aromatic carbocycles. The minimum absolute atomic E-state index is 0.755. The van der Waals surface area contributed by atoms with Crippen molar-refractivity contribution in [1.29, 1.82) is 0 Å². The molecule has 0 aliphatic rings. The van der Waals surface area contributed by atoms with Crippen LogP contribution in [-0.4, -0.2) is 6.26 Å². The molecule has 0 amide bonds. The third-order valence-corrected chi connectivity index (χ3v) is 3.18. The average molecular weight is 230 g/mol. The molecule has 0 aliphatic carbocycles. The molecule has 0 bridgehead atoms. The van der Waals surface area contributed by atoms with Crippen molar-refractivity contribution in [3.8, 4) is 11.1 Å². The van der Waals surface area contributed by atoms with E-state index in [0.717, 1.165) is 22.5 Å². The molecule has 2 nitrogen and oxygen atoms in total. The molecule has 4 N–H and O–H groups in total. The van der Waals surface area contributed by atoms with Crippen molar-refractivity contribution in [3.05, 3.63) is 42.5 Å². The zero-order chi connectivity index (χ0) is 11.5. The van der Waals surface area contributed by atoms with Crippen molar-refractivity contribution < 1.29 is 0 Å². The van der Waals surface area contributed by atoms with Crippen LogP contribution in [0.1, 0.15) is 0 Å². The van der Waals surface area contributed by atoms with E-state index in [1.54, 1.807) is 11.8 Å². The van der Waals surface area contributed by atoms with Crippen molar-refractivity contribution in [3.63, 3.8) is 0 Å². The molecule has 3 heteroatoms. The van der Waals surface area contributed by atoms with Crippen molar-refractivity contribution >= 4 is 23.1 Å². The number of hydrogen-bond acceptors (Lipinski definition) is 3. The van der Waals surface area contributed by atoms with E-state index in [9.17, 15) is 0 Å². The zero-order valence-corrected chi connectivity index (χ0v) is 9.92. The Morgan fingerprint density at radius 3 is 2.44 bits per heavy atom. The molecule has 2 aromatic rings. The number of hydrogen-bond donors (Lipinski definition) is 2. The normalized spacial score (nSPS) is 10.3. The third kappa shape index (κ3) is 2.14. The molecule has 0 aliphatic heterocycles. The molecule has 0 fully saturated rings. The van der Waals surface area contributed by atoms with Gasteiger partial charge in [-0.15, -0.1) is 11.8 Å². The number of rotatable bonds is 2. The van der Waals surface area contributed by atoms with E-state index < -0.39 is 0 Å². The highest BCUT2D eigenvalue weighted by Gasteiger charge is 2.03. The minimum atomic E-state index is 0.755. The third-order valence-electron chi connectivity index (χ3n) is 2.46. The largest absolute Gasteiger partial charge is 0.399 e. The van der Waals surface area contributed by atoms with Gasteiger partial charge in [0.15, 0.2) is 0 Å². The van der Waals surface area contributed by atoms with Crippen LogP contribution in [0.2, 0.25) is 0 Å². The summed E-state index contributed by atoms with van der Waals surface area (Å²) in [4.78, 5) is 1.17. The summed E-state index contributed by atoms with van der Waals surface area (Å²) in [6, 6.07) is 13.9. The van der Waals surface area contributed by atoms with Gasteiger partial charge in [0.1, 0.15) is 0 Å². The first-order valence-corrected chi connectivity index (χ1v) is 6.22. The molecule has 82 valence electrons. The maximum atomic E-state index is 6.02. The molecule has 16 heavy (non-hydrogen) atoms. The fourth-order valence-corrected chi connectivity index (χ4v) is 2.09. The second-order valence-corrected chi connectivity index (χ2v) is 4.46. The molecule has 0 aromatic heterocycles. The Hall–Kier alpha value is -1.61. The summed E-state index contributed by atoms with van der Waals surface area (Å²) in [6.07, 6.45) is 2.04. The molecule has 0 saturated carbocycles. The Bertz CT molecular complexity index is 509. The summed E-state index contributed by atoms with van der Waals surface area (Å²) >= 11 is 1.69. The van der Waals surface area contributed by atoms with E-state index in [1.165, 1.54) is 4.90 Å². The van der Waals surface area contributed by atoms with Gasteiger partial charge in [-0.25, -0.2) is 0 Å². The van der Waals surface area contributed by atoms with E-state index in [2.05, 4.69) is 6.07 Å². The molecule has 0 spiro atoms. The Balaban J connectivity index is 2.48. The smallest absolute Gasteiger partial charge is 0.0404 e. The van der Waals surface area contributed by atoms with Crippen molar-refractivity contribution in [2.24, 2.45) is 0 Å². The Morgan fingerprint density at radius 1 is 1.00 bits per heavy atom. The lowest BCUT2D eigenvalue weighted by atomic mass is 10.0. The number of benzene rings is 2. The molecule has 0 heterocycles. The maximum Gasteiger partial charge on any atom is 0.0404 e. The van der Waals surface area contributed by atoms with Crippen LogP contribution in [0.3, 0.4) is 0 Å². The van der Waals surface area contributed by atoms with Crippen LogP contribution in [0.15, 0.2) is 47.4 Å². The van der Waals surface area contributed by atoms with E-state index in [-0.39, 0.29) is 0 Å². The van der Waals surface area contributed by atoms with Crippen LogP contribution in [0.25, 0.3) is 11.1 Å². The molecule has 0 saturated heterocycles. The SMILES string of the molecule is CSc1ccc(-c2cccc(N)c2)c(N)c1. The van der Waals surface area contributed by atoms with Gasteiger partial charge in [0.25, 0.3) is 0 Å². The topological polar surface area (TPSA) is 52.0 Å². The standard InChI is InChI=1S/C13H14N2S/c1-16-11-5-6-12(13(15)8-11)9-3-2-4-10(14)7-9/h2-8H,14-15H2,1H3. The second kappa shape index (κ2) is 4.49. The lowest BCUT2D eigenvalue weighted by molar-refractivity contribution is 1.46. The molecule has 0 radical (unpaired) electrons. The summed E-state index contributed by atoms with van der Waals surface area (Å²) in [5.41, 5.74) is 15.4. The van der Waals surface area contributed by atoms with Gasteiger partial charge in [0.05, 0.1) is 0 Å². The van der Waals surface area contributed by atoms with Crippen molar-refractivity contribution in [2.75, 3.05) is 17.7 Å². The van der Waals surface area contributed by atoms with Gasteiger partial charge in [-0.2, -0.15) is 0 Å². The minimum Gasteiger partial charge on any atom is -0.399 e. The van der Waals surface area contributed by atoms with Crippen LogP contribution in [-0.2, 0) is 0 Å². The van der Waals surface area contributed by atoms with Crippen molar-refractivity contribution in [2.45, 2.75) is 4.90 Å². The first kappa shape index (κ1) is 10.9. The van der Waals surface area contributed by atoms with E-state index in [1.807, 2.05) is 42.7 Å². The van der Waals surface area contributed by atoms with E-state index in [4.69, 9.17) is 11.5 Å². The number of thioether (sulfide) groups is 1. The summed E-state index contributed by atoms with van der Waals surface area (Å²) in [5, 5.41) is 0. The zero-order valence-electron chi connectivity index (χ0n) is 9.10. The Labute approximate surface area is 99.7 Å². The molecule has 0 atom stereocenters. The van der Waals surface area contributed by atoms with Gasteiger partial charge < -0.3 is 11.5 Å². The van der Waals surface area contributed by atoms with Gasteiger partial charge in [0.2, 0.25) is 0 Å². The van der Waals surface area contributed by atoms with Gasteiger partial charge in [0, 0.05) is 21.8 Å². The summed E-state index contributed by atoms with van der Waals surface area (Å²) in [5.74, 6) is 0. The highest BCUT2D eigenvalue weighted by Crippen LogP contribution is 2.30. The summed E-state index contributed by atoms with van der Waals surface area (Å²) < 4.78 is 0. The average Bonchev–Trinajstić information content (AvgIpc) is 2.28. The van der Waals surface area contributed by atoms with E-state index >= 15 is 0 Å². The second-order valence-electron chi connectivity index (χ2n) is 3.58. The summed E-state index contributed by atoms with van der Waals surface area (Å²) in [6.45, 7) is 0. The van der Waals surface area contributed by atoms with Crippen molar-refractivity contribution in [1.82, 2.24) is 0 Å². The lowest BCUT2D eigenvalue weighted by Gasteiger charge is -2.08. The molecular weight excluding hydrogens is 216 g/mol. The molecule has 2 rings (SSSR count). The van der Waals surface area contributed by atoms with Crippen LogP contribution in [0.5, 0.6) is 0 Å². The number of anilines is 2. The predicted octanol–water partition coefficient (Wildman–Crippen LogP) is 3.24. The van der Waals surface area contributed by atoms with Crippen LogP contribution < -0.4 is 11.5 Å². The Kier molecular flexibility index (Phi) is 3.06. The van der Waals surface area contributed by atoms with Gasteiger partial charge in [-0.1, -0.05) is 18.2 Å². The summed E-state index contributed by atoms with van der Waals surface area (Å²) in [7, 11) is 0. The van der Waals surface area contributed by atoms with Crippen LogP contribution in [0, 0.1) is 0 Å². The highest BCUT2D eigenvalue weighted by molar-refractivity contribution is 7.98. The lowest BCUT2D eigenvalue weighted by Crippen LogP contribution is -1.91. The fourth-order valence-electron chi connectivity index (χ4n) is 1.64. The number of nitrogens with two attached hydrogens (primary N) is 2. The molecular formula is C13H14N2S. The van der Waals surface area contributed by atoms with Gasteiger partial charge in [-0.05, 0) is 36.1 Å². The predicted molar refractivity (Wildman–Crippen MR) is 72.5 cm³/mol. The molecule has 0 unspecified atom stereocenters. The number of nitrogen functional groups attached to an aromatic ring is 2. The van der Waals surface area contributed by atoms with Crippen LogP contribution in [0.4, 0.5) is 11.4 Å². The highest BCUT2D eigenvalue weighted by atomic mass is 32.2. The fraction of sp³-hybridized carbons (Fsp3) is 0.0769.